The Morgan fingerprint density at radius 3 is 2.48 bits per heavy atom. The van der Waals surface area contributed by atoms with Crippen LogP contribution in [0.4, 0.5) is 5.82 Å². The van der Waals surface area contributed by atoms with Gasteiger partial charge >= 0.3 is 0 Å². The molecular formula is C16H19N3O2. The van der Waals surface area contributed by atoms with Crippen molar-refractivity contribution in [2.75, 3.05) is 5.73 Å². The summed E-state index contributed by atoms with van der Waals surface area (Å²) in [6, 6.07) is 1.86. The fourth-order valence-corrected chi connectivity index (χ4v) is 3.48. The van der Waals surface area contributed by atoms with Crippen LogP contribution >= 0.6 is 0 Å². The summed E-state index contributed by atoms with van der Waals surface area (Å²) in [7, 11) is 0. The Morgan fingerprint density at radius 1 is 1.14 bits per heavy atom. The minimum Gasteiger partial charge on any atom is -0.490 e. The molecule has 5 nitrogen and oxygen atoms in total. The summed E-state index contributed by atoms with van der Waals surface area (Å²) in [5, 5.41) is 7.08. The molecule has 5 heteroatoms. The van der Waals surface area contributed by atoms with Gasteiger partial charge in [-0.05, 0) is 26.3 Å². The molecule has 0 radical (unpaired) electrons. The lowest BCUT2D eigenvalue weighted by Gasteiger charge is -2.14. The van der Waals surface area contributed by atoms with Gasteiger partial charge < -0.3 is 15.2 Å². The molecule has 3 N–H and O–H groups in total. The van der Waals surface area contributed by atoms with E-state index in [1.165, 1.54) is 16.7 Å². The summed E-state index contributed by atoms with van der Waals surface area (Å²) in [5.41, 5.74) is 11.4. The van der Waals surface area contributed by atoms with E-state index in [0.717, 1.165) is 35.6 Å². The van der Waals surface area contributed by atoms with E-state index in [1.807, 2.05) is 6.07 Å². The van der Waals surface area contributed by atoms with Crippen molar-refractivity contribution in [3.8, 4) is 22.8 Å². The van der Waals surface area contributed by atoms with Crippen LogP contribution in [0.2, 0.25) is 0 Å². The molecule has 0 spiro atoms. The fourth-order valence-electron chi connectivity index (χ4n) is 3.48. The maximum absolute atomic E-state index is 6.10. The second-order valence-corrected chi connectivity index (χ2v) is 6.09. The number of fused-ring (bicyclic) bond motifs is 2. The van der Waals surface area contributed by atoms with Crippen LogP contribution in [0, 0.1) is 6.92 Å². The van der Waals surface area contributed by atoms with E-state index < -0.39 is 0 Å². The molecule has 2 aliphatic rings. The number of ether oxygens (including phenoxy) is 2. The van der Waals surface area contributed by atoms with Gasteiger partial charge in [-0.1, -0.05) is 0 Å². The van der Waals surface area contributed by atoms with Gasteiger partial charge in [0.2, 0.25) is 0 Å². The lowest BCUT2D eigenvalue weighted by atomic mass is 9.92. The number of nitrogen functional groups attached to an aromatic ring is 1. The third-order valence-corrected chi connectivity index (χ3v) is 4.36. The SMILES string of the molecule is Cc1c2c(c(-c3cc(N)n[nH]3)c3c1OC(C)C3)OC(C)C2. The van der Waals surface area contributed by atoms with Crippen LogP contribution in [0.5, 0.6) is 11.5 Å². The van der Waals surface area contributed by atoms with Crippen LogP contribution in [0.25, 0.3) is 11.3 Å². The maximum atomic E-state index is 6.10. The monoisotopic (exact) mass is 285 g/mol. The first kappa shape index (κ1) is 12.6. The summed E-state index contributed by atoms with van der Waals surface area (Å²) in [6.45, 7) is 6.32. The molecule has 0 fully saturated rings. The predicted molar refractivity (Wildman–Crippen MR) is 80.8 cm³/mol. The van der Waals surface area contributed by atoms with E-state index in [0.29, 0.717) is 5.82 Å². The summed E-state index contributed by atoms with van der Waals surface area (Å²) in [5.74, 6) is 2.48. The molecule has 2 atom stereocenters. The van der Waals surface area contributed by atoms with E-state index in [2.05, 4.69) is 31.0 Å². The lowest BCUT2D eigenvalue weighted by Crippen LogP contribution is -2.07. The molecule has 1 aromatic heterocycles. The van der Waals surface area contributed by atoms with Gasteiger partial charge in [0.05, 0.1) is 5.69 Å². The number of aromatic amines is 1. The minimum atomic E-state index is 0.192. The molecule has 0 bridgehead atoms. The normalized spacial score (nSPS) is 22.6. The third-order valence-electron chi connectivity index (χ3n) is 4.36. The molecular weight excluding hydrogens is 266 g/mol. The first-order valence-corrected chi connectivity index (χ1v) is 7.37. The number of benzene rings is 1. The van der Waals surface area contributed by atoms with Gasteiger partial charge in [-0.15, -0.1) is 0 Å². The lowest BCUT2D eigenvalue weighted by molar-refractivity contribution is 0.252. The fraction of sp³-hybridized carbons (Fsp3) is 0.438. The topological polar surface area (TPSA) is 73.2 Å². The van der Waals surface area contributed by atoms with Crippen molar-refractivity contribution in [2.45, 2.75) is 45.8 Å². The molecule has 0 aliphatic carbocycles. The van der Waals surface area contributed by atoms with Crippen molar-refractivity contribution in [3.05, 3.63) is 22.8 Å². The highest BCUT2D eigenvalue weighted by atomic mass is 16.5. The summed E-state index contributed by atoms with van der Waals surface area (Å²) >= 11 is 0. The minimum absolute atomic E-state index is 0.192. The zero-order valence-corrected chi connectivity index (χ0v) is 12.5. The molecule has 2 unspecified atom stereocenters. The molecule has 0 amide bonds. The standard InChI is InChI=1S/C16H19N3O2/c1-7-4-10-9(3)15-11(5-8(2)20-15)14(16(10)21-7)12-6-13(17)19-18-12/h6-8H,4-5H2,1-3H3,(H3,17,18,19). The number of H-pyrrole nitrogens is 1. The Hall–Kier alpha value is -2.17. The second-order valence-electron chi connectivity index (χ2n) is 6.09. The average Bonchev–Trinajstić information content (AvgIpc) is 3.09. The van der Waals surface area contributed by atoms with E-state index in [9.17, 15) is 0 Å². The Balaban J connectivity index is 2.02. The van der Waals surface area contributed by atoms with Crippen LogP contribution in [0.3, 0.4) is 0 Å². The Kier molecular flexibility index (Phi) is 2.49. The van der Waals surface area contributed by atoms with Gasteiger partial charge in [-0.3, -0.25) is 5.10 Å². The van der Waals surface area contributed by atoms with Gasteiger partial charge in [0.15, 0.2) is 0 Å². The van der Waals surface area contributed by atoms with E-state index >= 15 is 0 Å². The zero-order valence-electron chi connectivity index (χ0n) is 12.5. The highest BCUT2D eigenvalue weighted by Gasteiger charge is 2.35. The van der Waals surface area contributed by atoms with E-state index in [-0.39, 0.29) is 12.2 Å². The zero-order chi connectivity index (χ0) is 14.7. The first-order valence-electron chi connectivity index (χ1n) is 7.37. The Morgan fingerprint density at radius 2 is 1.81 bits per heavy atom. The molecule has 0 saturated carbocycles. The molecule has 3 heterocycles. The Labute approximate surface area is 123 Å². The van der Waals surface area contributed by atoms with Crippen molar-refractivity contribution in [1.29, 1.82) is 0 Å². The second kappa shape index (κ2) is 4.16. The average molecular weight is 285 g/mol. The third kappa shape index (κ3) is 1.73. The number of anilines is 1. The molecule has 2 aromatic rings. The smallest absolute Gasteiger partial charge is 0.145 e. The molecule has 2 aliphatic heterocycles. The molecule has 21 heavy (non-hydrogen) atoms. The van der Waals surface area contributed by atoms with Crippen molar-refractivity contribution in [3.63, 3.8) is 0 Å². The van der Waals surface area contributed by atoms with Crippen molar-refractivity contribution >= 4 is 5.82 Å². The number of hydrogen-bond donors (Lipinski definition) is 2. The largest absolute Gasteiger partial charge is 0.490 e. The summed E-state index contributed by atoms with van der Waals surface area (Å²) in [6.07, 6.45) is 2.19. The molecule has 110 valence electrons. The van der Waals surface area contributed by atoms with Crippen LogP contribution in [0.1, 0.15) is 30.5 Å². The van der Waals surface area contributed by atoms with Crippen LogP contribution in [0.15, 0.2) is 6.07 Å². The quantitative estimate of drug-likeness (QED) is 0.844. The summed E-state index contributed by atoms with van der Waals surface area (Å²) < 4.78 is 12.1. The van der Waals surface area contributed by atoms with Crippen LogP contribution in [-0.2, 0) is 12.8 Å². The first-order chi connectivity index (χ1) is 10.0. The van der Waals surface area contributed by atoms with Crippen LogP contribution < -0.4 is 15.2 Å². The van der Waals surface area contributed by atoms with Gasteiger partial charge in [0.1, 0.15) is 29.5 Å². The van der Waals surface area contributed by atoms with Gasteiger partial charge in [0.25, 0.3) is 0 Å². The maximum Gasteiger partial charge on any atom is 0.145 e. The summed E-state index contributed by atoms with van der Waals surface area (Å²) in [4.78, 5) is 0. The number of nitrogens with one attached hydrogen (secondary N) is 1. The number of nitrogens with zero attached hydrogens (tertiary/aromatic N) is 1. The van der Waals surface area contributed by atoms with Crippen molar-refractivity contribution < 1.29 is 9.47 Å². The van der Waals surface area contributed by atoms with Crippen molar-refractivity contribution in [1.82, 2.24) is 10.2 Å². The van der Waals surface area contributed by atoms with Gasteiger partial charge in [0, 0.05) is 35.6 Å². The van der Waals surface area contributed by atoms with Gasteiger partial charge in [-0.25, -0.2) is 0 Å². The predicted octanol–water partition coefficient (Wildman–Crippen LogP) is 2.61. The van der Waals surface area contributed by atoms with Gasteiger partial charge in [-0.2, -0.15) is 5.10 Å². The van der Waals surface area contributed by atoms with Crippen molar-refractivity contribution in [2.24, 2.45) is 0 Å². The Bertz CT molecular complexity index is 696. The number of hydrogen-bond acceptors (Lipinski definition) is 4. The van der Waals surface area contributed by atoms with Crippen LogP contribution in [-0.4, -0.2) is 22.4 Å². The highest BCUT2D eigenvalue weighted by molar-refractivity contribution is 5.80. The molecule has 1 aromatic carbocycles. The number of rotatable bonds is 1. The molecule has 4 rings (SSSR count). The molecule has 0 saturated heterocycles. The van der Waals surface area contributed by atoms with E-state index in [1.54, 1.807) is 0 Å². The number of nitrogens with two attached hydrogens (primary N) is 1. The number of aromatic nitrogens is 2. The highest BCUT2D eigenvalue weighted by Crippen LogP contribution is 2.50. The van der Waals surface area contributed by atoms with E-state index in [4.69, 9.17) is 15.2 Å².